The van der Waals surface area contributed by atoms with Gasteiger partial charge in [-0.3, -0.25) is 4.79 Å². The summed E-state index contributed by atoms with van der Waals surface area (Å²) in [6, 6.07) is -0.528. The third-order valence-corrected chi connectivity index (χ3v) is 13.6. The Hall–Kier alpha value is -0.610. The van der Waals surface area contributed by atoms with Crippen molar-refractivity contribution in [2.24, 2.45) is 0 Å². The number of aliphatic hydroxyl groups is 2. The van der Waals surface area contributed by atoms with Crippen molar-refractivity contribution in [1.29, 1.82) is 0 Å². The van der Waals surface area contributed by atoms with Gasteiger partial charge in [0.25, 0.3) is 0 Å². The number of hydrogen-bond donors (Lipinski definition) is 3. The number of carbonyl (C=O) groups excluding carboxylic acids is 1. The molecule has 4 heteroatoms. The molecule has 0 aliphatic carbocycles. The van der Waals surface area contributed by atoms with Crippen LogP contribution in [-0.4, -0.2) is 34.9 Å². The lowest BCUT2D eigenvalue weighted by Crippen LogP contribution is -2.45. The van der Waals surface area contributed by atoms with Crippen LogP contribution in [0.25, 0.3) is 0 Å². The normalized spacial score (nSPS) is 12.7. The Bertz CT molecular complexity index is 788. The molecule has 2 atom stereocenters. The first-order valence-electron chi connectivity index (χ1n) is 28.2. The van der Waals surface area contributed by atoms with E-state index in [-0.39, 0.29) is 12.5 Å². The summed E-state index contributed by atoms with van der Waals surface area (Å²) in [5.41, 5.74) is 0. The summed E-state index contributed by atoms with van der Waals surface area (Å²) < 4.78 is 0. The van der Waals surface area contributed by atoms with Gasteiger partial charge < -0.3 is 15.5 Å². The monoisotopic (exact) mass is 848 g/mol. The smallest absolute Gasteiger partial charge is 0.220 e. The Morgan fingerprint density at radius 1 is 0.333 bits per heavy atom. The Morgan fingerprint density at radius 2 is 0.533 bits per heavy atom. The molecule has 0 heterocycles. The molecule has 0 saturated carbocycles. The zero-order chi connectivity index (χ0) is 43.5. The largest absolute Gasteiger partial charge is 0.394 e. The van der Waals surface area contributed by atoms with Crippen molar-refractivity contribution in [2.75, 3.05) is 6.61 Å². The van der Waals surface area contributed by atoms with Gasteiger partial charge in [-0.05, 0) is 12.8 Å². The van der Waals surface area contributed by atoms with Crippen molar-refractivity contribution in [2.45, 2.75) is 347 Å². The summed E-state index contributed by atoms with van der Waals surface area (Å²) in [7, 11) is 0. The first-order valence-corrected chi connectivity index (χ1v) is 28.2. The van der Waals surface area contributed by atoms with Crippen LogP contribution in [0, 0.1) is 0 Å². The highest BCUT2D eigenvalue weighted by Crippen LogP contribution is 2.18. The third-order valence-electron chi connectivity index (χ3n) is 13.6. The predicted molar refractivity (Wildman–Crippen MR) is 267 cm³/mol. The van der Waals surface area contributed by atoms with Gasteiger partial charge in [-0.2, -0.15) is 0 Å². The number of nitrogens with one attached hydrogen (secondary N) is 1. The number of hydrogen-bond acceptors (Lipinski definition) is 3. The minimum absolute atomic E-state index is 0.0262. The van der Waals surface area contributed by atoms with Crippen molar-refractivity contribution in [3.05, 3.63) is 0 Å². The lowest BCUT2D eigenvalue weighted by Gasteiger charge is -2.22. The quantitative estimate of drug-likeness (QED) is 0.0534. The first kappa shape index (κ1) is 59.4. The molecule has 1 amide bonds. The van der Waals surface area contributed by atoms with E-state index in [1.807, 2.05) is 0 Å². The fraction of sp³-hybridized carbons (Fsp3) is 0.982. The maximum absolute atomic E-state index is 12.4. The van der Waals surface area contributed by atoms with Crippen LogP contribution in [-0.2, 0) is 4.79 Å². The molecule has 0 fully saturated rings. The minimum atomic E-state index is -0.652. The highest BCUT2D eigenvalue weighted by atomic mass is 16.3. The molecule has 360 valence electrons. The number of carbonyl (C=O) groups is 1. The van der Waals surface area contributed by atoms with Gasteiger partial charge in [0.15, 0.2) is 0 Å². The summed E-state index contributed by atoms with van der Waals surface area (Å²) in [6.07, 6.45) is 67.0. The van der Waals surface area contributed by atoms with E-state index in [2.05, 4.69) is 19.2 Å². The molecular weight excluding hydrogens is 735 g/mol. The summed E-state index contributed by atoms with van der Waals surface area (Å²) in [6.45, 7) is 4.37. The topological polar surface area (TPSA) is 69.6 Å². The molecule has 0 spiro atoms. The van der Waals surface area contributed by atoms with E-state index in [1.54, 1.807) is 0 Å². The van der Waals surface area contributed by atoms with Crippen LogP contribution in [0.15, 0.2) is 0 Å². The van der Waals surface area contributed by atoms with Crippen molar-refractivity contribution in [1.82, 2.24) is 5.32 Å². The maximum Gasteiger partial charge on any atom is 0.220 e. The van der Waals surface area contributed by atoms with Gasteiger partial charge in [0.1, 0.15) is 0 Å². The molecule has 0 bridgehead atoms. The van der Waals surface area contributed by atoms with Gasteiger partial charge in [-0.15, -0.1) is 0 Å². The molecule has 0 aromatic carbocycles. The molecule has 0 saturated heterocycles. The van der Waals surface area contributed by atoms with E-state index >= 15 is 0 Å². The molecule has 3 N–H and O–H groups in total. The third kappa shape index (κ3) is 48.4. The standard InChI is InChI=1S/C56H113NO3/c1-3-5-7-9-11-13-14-15-16-17-18-19-20-21-22-23-24-25-26-27-28-29-30-31-32-33-34-35-36-37-38-39-40-41-42-44-46-48-50-52-56(60)57-54(53-58)55(59)51-49-47-45-43-12-10-8-6-4-2/h54-55,58-59H,3-53H2,1-2H3,(H,57,60). The summed E-state index contributed by atoms with van der Waals surface area (Å²) in [4.78, 5) is 12.4. The van der Waals surface area contributed by atoms with Crippen LogP contribution < -0.4 is 5.32 Å². The average Bonchev–Trinajstić information content (AvgIpc) is 3.25. The molecule has 0 radical (unpaired) electrons. The van der Waals surface area contributed by atoms with Crippen LogP contribution in [0.2, 0.25) is 0 Å². The van der Waals surface area contributed by atoms with Gasteiger partial charge in [-0.25, -0.2) is 0 Å². The fourth-order valence-corrected chi connectivity index (χ4v) is 9.31. The molecule has 4 nitrogen and oxygen atoms in total. The van der Waals surface area contributed by atoms with E-state index in [0.29, 0.717) is 12.8 Å². The van der Waals surface area contributed by atoms with Crippen molar-refractivity contribution < 1.29 is 15.0 Å². The number of aliphatic hydroxyl groups excluding tert-OH is 2. The molecule has 0 aromatic rings. The highest BCUT2D eigenvalue weighted by molar-refractivity contribution is 5.76. The van der Waals surface area contributed by atoms with Gasteiger partial charge in [0, 0.05) is 6.42 Å². The van der Waals surface area contributed by atoms with Gasteiger partial charge >= 0.3 is 0 Å². The van der Waals surface area contributed by atoms with E-state index < -0.39 is 12.1 Å². The molecular formula is C56H113NO3. The van der Waals surface area contributed by atoms with E-state index in [0.717, 1.165) is 25.7 Å². The zero-order valence-corrected chi connectivity index (χ0v) is 41.5. The number of rotatable bonds is 53. The Kier molecular flexibility index (Phi) is 52.2. The molecule has 60 heavy (non-hydrogen) atoms. The second kappa shape index (κ2) is 52.7. The molecule has 2 unspecified atom stereocenters. The van der Waals surface area contributed by atoms with Crippen LogP contribution in [0.5, 0.6) is 0 Å². The summed E-state index contributed by atoms with van der Waals surface area (Å²) >= 11 is 0. The molecule has 0 aliphatic heterocycles. The molecule has 0 aliphatic rings. The van der Waals surface area contributed by atoms with Crippen molar-refractivity contribution in [3.63, 3.8) is 0 Å². The Balaban J connectivity index is 3.27. The Labute approximate surface area is 378 Å². The van der Waals surface area contributed by atoms with E-state index in [1.165, 1.54) is 283 Å². The lowest BCUT2D eigenvalue weighted by molar-refractivity contribution is -0.123. The molecule has 0 rings (SSSR count). The maximum atomic E-state index is 12.4. The first-order chi connectivity index (χ1) is 29.7. The zero-order valence-electron chi connectivity index (χ0n) is 41.5. The molecule has 0 aromatic heterocycles. The summed E-state index contributed by atoms with van der Waals surface area (Å²) in [5, 5.41) is 23.1. The van der Waals surface area contributed by atoms with Crippen LogP contribution in [0.1, 0.15) is 335 Å². The van der Waals surface area contributed by atoms with Crippen LogP contribution in [0.3, 0.4) is 0 Å². The van der Waals surface area contributed by atoms with Crippen LogP contribution in [0.4, 0.5) is 0 Å². The van der Waals surface area contributed by atoms with Crippen LogP contribution >= 0.6 is 0 Å². The average molecular weight is 849 g/mol. The highest BCUT2D eigenvalue weighted by Gasteiger charge is 2.20. The number of unbranched alkanes of at least 4 members (excludes halogenated alkanes) is 46. The van der Waals surface area contributed by atoms with Crippen molar-refractivity contribution in [3.8, 4) is 0 Å². The second-order valence-corrected chi connectivity index (χ2v) is 19.7. The van der Waals surface area contributed by atoms with Crippen molar-refractivity contribution >= 4 is 5.91 Å². The minimum Gasteiger partial charge on any atom is -0.394 e. The van der Waals surface area contributed by atoms with Gasteiger partial charge in [-0.1, -0.05) is 316 Å². The predicted octanol–water partition coefficient (Wildman–Crippen LogP) is 18.4. The van der Waals surface area contributed by atoms with Gasteiger partial charge in [0.05, 0.1) is 18.8 Å². The van der Waals surface area contributed by atoms with Gasteiger partial charge in [0.2, 0.25) is 5.91 Å². The van der Waals surface area contributed by atoms with E-state index in [9.17, 15) is 15.0 Å². The van der Waals surface area contributed by atoms with E-state index in [4.69, 9.17) is 0 Å². The number of amides is 1. The second-order valence-electron chi connectivity index (χ2n) is 19.7. The lowest BCUT2D eigenvalue weighted by atomic mass is 10.0. The summed E-state index contributed by atoms with van der Waals surface area (Å²) in [5.74, 6) is -0.0262. The SMILES string of the molecule is CCCCCCCCCCCCCCCCCCCCCCCCCCCCCCCCCCCCCCCCCC(=O)NC(CO)C(O)CCCCCCCCCCC. The Morgan fingerprint density at radius 3 is 0.750 bits per heavy atom. The fourth-order valence-electron chi connectivity index (χ4n) is 9.31.